The van der Waals surface area contributed by atoms with E-state index in [1.165, 1.54) is 11.1 Å². The van der Waals surface area contributed by atoms with Crippen LogP contribution in [0.1, 0.15) is 115 Å². The molecule has 2 amide bonds. The van der Waals surface area contributed by atoms with Gasteiger partial charge in [0.2, 0.25) is 5.78 Å². The van der Waals surface area contributed by atoms with Crippen LogP contribution in [0.25, 0.3) is 12.2 Å². The van der Waals surface area contributed by atoms with E-state index >= 15 is 0 Å². The number of allylic oxidation sites excluding steroid dienone is 2. The molecule has 2 N–H and O–H groups in total. The van der Waals surface area contributed by atoms with Crippen molar-refractivity contribution in [3.8, 4) is 0 Å². The van der Waals surface area contributed by atoms with Crippen LogP contribution in [-0.4, -0.2) is 39.0 Å². The second-order valence-electron chi connectivity index (χ2n) is 10.7. The summed E-state index contributed by atoms with van der Waals surface area (Å²) in [6.07, 6.45) is 9.73. The smallest absolute Gasteiger partial charge is 0.274 e. The van der Waals surface area contributed by atoms with Crippen molar-refractivity contribution < 1.29 is 14.4 Å². The molecule has 0 saturated heterocycles. The van der Waals surface area contributed by atoms with Crippen LogP contribution >= 0.6 is 0 Å². The van der Waals surface area contributed by atoms with Gasteiger partial charge in [-0.1, -0.05) is 55.4 Å². The zero-order chi connectivity index (χ0) is 30.7. The fraction of sp³-hybridized carbons (Fsp3) is 0.457. The first-order valence-corrected chi connectivity index (χ1v) is 15.6. The van der Waals surface area contributed by atoms with Crippen LogP contribution < -0.4 is 10.7 Å². The third kappa shape index (κ3) is 5.25. The number of H-pyrrole nitrogens is 2. The Morgan fingerprint density at radius 2 is 1.02 bits per heavy atom. The first-order valence-electron chi connectivity index (χ1n) is 15.6. The van der Waals surface area contributed by atoms with Crippen molar-refractivity contribution in [1.82, 2.24) is 9.97 Å². The van der Waals surface area contributed by atoms with Crippen LogP contribution in [0.2, 0.25) is 0 Å². The number of hydrogen-bond acceptors (Lipinski definition) is 3. The van der Waals surface area contributed by atoms with Crippen molar-refractivity contribution in [2.45, 2.75) is 107 Å². The van der Waals surface area contributed by atoms with Crippen molar-refractivity contribution in [2.75, 3.05) is 0 Å². The Bertz CT molecular complexity index is 1700. The van der Waals surface area contributed by atoms with Crippen LogP contribution in [0.4, 0.5) is 0 Å². The van der Waals surface area contributed by atoms with Gasteiger partial charge in [-0.25, -0.2) is 9.98 Å². The lowest BCUT2D eigenvalue weighted by Gasteiger charge is -2.16. The van der Waals surface area contributed by atoms with Crippen LogP contribution in [0.15, 0.2) is 32.3 Å². The van der Waals surface area contributed by atoms with E-state index in [4.69, 9.17) is 0 Å². The Morgan fingerprint density at radius 3 is 1.55 bits per heavy atom. The van der Waals surface area contributed by atoms with E-state index in [0.29, 0.717) is 42.5 Å². The van der Waals surface area contributed by atoms with E-state index in [0.717, 1.165) is 70.1 Å². The summed E-state index contributed by atoms with van der Waals surface area (Å²) in [6, 6.07) is 0. The number of nitrogens with one attached hydrogen (secondary N) is 2. The van der Waals surface area contributed by atoms with Crippen LogP contribution in [0.5, 0.6) is 0 Å². The van der Waals surface area contributed by atoms with E-state index in [2.05, 4.69) is 60.6 Å². The van der Waals surface area contributed by atoms with E-state index < -0.39 is 0 Å². The third-order valence-electron chi connectivity index (χ3n) is 8.65. The number of aromatic nitrogens is 2. The summed E-state index contributed by atoms with van der Waals surface area (Å²) in [5.41, 5.74) is 10.0. The predicted octanol–water partition coefficient (Wildman–Crippen LogP) is 5.31. The van der Waals surface area contributed by atoms with Crippen molar-refractivity contribution in [3.63, 3.8) is 0 Å². The summed E-state index contributed by atoms with van der Waals surface area (Å²) in [5.74, 6) is -0.594. The largest absolute Gasteiger partial charge is 0.355 e. The van der Waals surface area contributed by atoms with Gasteiger partial charge in [0, 0.05) is 33.1 Å². The van der Waals surface area contributed by atoms with Gasteiger partial charge in [-0.3, -0.25) is 14.4 Å². The van der Waals surface area contributed by atoms with Gasteiger partial charge in [0.05, 0.1) is 11.4 Å². The Labute approximate surface area is 248 Å². The van der Waals surface area contributed by atoms with Gasteiger partial charge >= 0.3 is 0 Å². The SMILES string of the molecule is CCC1=C(CC)C(=O)C(c2[nH]c(C=c3[nH]c(=CC4=NC(=O)C(CC)=C4CC)c(CC)c3CC)c(CC)c2CC)=NC1=O. The third-order valence-corrected chi connectivity index (χ3v) is 8.65. The minimum Gasteiger partial charge on any atom is -0.355 e. The lowest BCUT2D eigenvalue weighted by atomic mass is 9.90. The van der Waals surface area contributed by atoms with Gasteiger partial charge in [-0.05, 0) is 91.3 Å². The number of ketones is 1. The van der Waals surface area contributed by atoms with E-state index in [1.54, 1.807) is 0 Å². The van der Waals surface area contributed by atoms with Gasteiger partial charge in [-0.2, -0.15) is 0 Å². The molecule has 0 saturated carbocycles. The van der Waals surface area contributed by atoms with Crippen molar-refractivity contribution in [1.29, 1.82) is 0 Å². The second-order valence-corrected chi connectivity index (χ2v) is 10.7. The van der Waals surface area contributed by atoms with Crippen LogP contribution in [0.3, 0.4) is 0 Å². The second kappa shape index (κ2) is 13.0. The maximum absolute atomic E-state index is 13.6. The molecule has 0 unspecified atom stereocenters. The summed E-state index contributed by atoms with van der Waals surface area (Å²) < 4.78 is 0. The molecule has 0 fully saturated rings. The monoisotopic (exact) mass is 568 g/mol. The standard InChI is InChI=1S/C35H44N4O3/c1-9-19-20(10-2)28(18-30-22(12-4)25(15-7)34(41)38-30)36-27(19)17-29-21(11-3)23(13-5)31(37-29)32-33(40)24(14-6)26(16-8)35(42)39-32/h17-18,36-37H,9-16H2,1-8H3. The van der Waals surface area contributed by atoms with E-state index in [9.17, 15) is 14.4 Å². The molecule has 2 aliphatic rings. The number of dihydropyridines is 1. The number of amides is 2. The molecule has 2 aromatic rings. The fourth-order valence-corrected chi connectivity index (χ4v) is 6.62. The molecule has 0 aromatic carbocycles. The summed E-state index contributed by atoms with van der Waals surface area (Å²) in [6.45, 7) is 16.3. The maximum atomic E-state index is 13.6. The van der Waals surface area contributed by atoms with E-state index in [1.807, 2.05) is 26.8 Å². The zero-order valence-corrected chi connectivity index (χ0v) is 26.4. The predicted molar refractivity (Wildman–Crippen MR) is 171 cm³/mol. The highest BCUT2D eigenvalue weighted by Gasteiger charge is 2.32. The van der Waals surface area contributed by atoms with Crippen LogP contribution in [-0.2, 0) is 40.1 Å². The Hall–Kier alpha value is -3.87. The molecule has 42 heavy (non-hydrogen) atoms. The lowest BCUT2D eigenvalue weighted by molar-refractivity contribution is -0.116. The van der Waals surface area contributed by atoms with Crippen LogP contribution in [0, 0.1) is 0 Å². The summed E-state index contributed by atoms with van der Waals surface area (Å²) in [4.78, 5) is 54.9. The molecule has 0 spiro atoms. The molecule has 222 valence electrons. The lowest BCUT2D eigenvalue weighted by Crippen LogP contribution is -2.27. The summed E-state index contributed by atoms with van der Waals surface area (Å²) >= 11 is 0. The topological polar surface area (TPSA) is 108 Å². The molecule has 0 radical (unpaired) electrons. The number of aliphatic imine (C=N–C) groups is 2. The number of hydrogen-bond donors (Lipinski definition) is 2. The average Bonchev–Trinajstić information content (AvgIpc) is 3.62. The molecule has 4 heterocycles. The minimum absolute atomic E-state index is 0.128. The maximum Gasteiger partial charge on any atom is 0.274 e. The first-order chi connectivity index (χ1) is 20.2. The highest BCUT2D eigenvalue weighted by molar-refractivity contribution is 6.54. The molecule has 2 aliphatic heterocycles. The van der Waals surface area contributed by atoms with Gasteiger partial charge < -0.3 is 9.97 Å². The Kier molecular flexibility index (Phi) is 9.60. The number of aromatic amines is 2. The summed E-state index contributed by atoms with van der Waals surface area (Å²) in [5, 5.41) is 1.96. The molecular weight excluding hydrogens is 524 g/mol. The van der Waals surface area contributed by atoms with Gasteiger partial charge in [-0.15, -0.1) is 0 Å². The highest BCUT2D eigenvalue weighted by Crippen LogP contribution is 2.28. The number of rotatable bonds is 11. The highest BCUT2D eigenvalue weighted by atomic mass is 16.2. The van der Waals surface area contributed by atoms with Gasteiger partial charge in [0.15, 0.2) is 0 Å². The van der Waals surface area contributed by atoms with Gasteiger partial charge in [0.1, 0.15) is 5.71 Å². The quantitative estimate of drug-likeness (QED) is 0.383. The molecule has 0 atom stereocenters. The van der Waals surface area contributed by atoms with Gasteiger partial charge in [0.25, 0.3) is 11.8 Å². The van der Waals surface area contributed by atoms with E-state index in [-0.39, 0.29) is 23.3 Å². The molecule has 7 nitrogen and oxygen atoms in total. The normalized spacial score (nSPS) is 16.9. The van der Waals surface area contributed by atoms with Crippen molar-refractivity contribution in [3.05, 3.63) is 66.6 Å². The number of carbonyl (C=O) groups excluding carboxylic acids is 3. The molecule has 2 aromatic heterocycles. The van der Waals surface area contributed by atoms with Crippen molar-refractivity contribution in [2.24, 2.45) is 9.98 Å². The Morgan fingerprint density at radius 1 is 0.524 bits per heavy atom. The summed E-state index contributed by atoms with van der Waals surface area (Å²) in [7, 11) is 0. The number of nitrogens with zero attached hydrogens (tertiary/aromatic N) is 2. The molecule has 7 heteroatoms. The molecule has 0 bridgehead atoms. The zero-order valence-electron chi connectivity index (χ0n) is 26.4. The average molecular weight is 569 g/mol. The Balaban J connectivity index is 1.92. The molecular formula is C35H44N4O3. The molecule has 0 aliphatic carbocycles. The molecule has 4 rings (SSSR count). The minimum atomic E-state index is -0.311. The number of carbonyl (C=O) groups is 3. The number of Topliss-reactive ketones (excluding diaryl/α,β-unsaturated/α-hetero) is 1. The first kappa shape index (κ1) is 31.1. The van der Waals surface area contributed by atoms with Crippen molar-refractivity contribution >= 4 is 41.2 Å². The fourth-order valence-electron chi connectivity index (χ4n) is 6.62.